The molecule has 0 aromatic heterocycles. The van der Waals surface area contributed by atoms with Crippen LogP contribution in [0.25, 0.3) is 0 Å². The molecule has 1 aliphatic rings. The molecule has 1 aromatic carbocycles. The quantitative estimate of drug-likeness (QED) is 0.806. The molecule has 0 radical (unpaired) electrons. The minimum atomic E-state index is -0.964. The molecule has 1 aromatic rings. The molecular weight excluding hydrogens is 298 g/mol. The van der Waals surface area contributed by atoms with Gasteiger partial charge in [0.1, 0.15) is 6.61 Å². The van der Waals surface area contributed by atoms with E-state index in [1.807, 2.05) is 30.3 Å². The molecule has 2 N–H and O–H groups in total. The summed E-state index contributed by atoms with van der Waals surface area (Å²) >= 11 is 0. The van der Waals surface area contributed by atoms with Crippen molar-refractivity contribution in [3.8, 4) is 0 Å². The molecule has 2 unspecified atom stereocenters. The highest BCUT2D eigenvalue weighted by Gasteiger charge is 2.34. The third-order valence-corrected chi connectivity index (χ3v) is 3.86. The summed E-state index contributed by atoms with van der Waals surface area (Å²) in [6.07, 6.45) is 1.50. The Morgan fingerprint density at radius 2 is 2.13 bits per heavy atom. The summed E-state index contributed by atoms with van der Waals surface area (Å²) in [6, 6.07) is 9.33. The van der Waals surface area contributed by atoms with Gasteiger partial charge in [-0.25, -0.2) is 4.79 Å². The number of hydrogen-bond acceptors (Lipinski definition) is 4. The second-order valence-corrected chi connectivity index (χ2v) is 6.16. The number of rotatable bonds is 7. The largest absolute Gasteiger partial charge is 0.481 e. The molecule has 6 nitrogen and oxygen atoms in total. The molecule has 1 saturated heterocycles. The zero-order valence-corrected chi connectivity index (χ0v) is 13.3. The average molecular weight is 321 g/mol. The van der Waals surface area contributed by atoms with Crippen LogP contribution in [-0.4, -0.2) is 35.4 Å². The number of benzene rings is 1. The first-order valence-corrected chi connectivity index (χ1v) is 7.79. The van der Waals surface area contributed by atoms with Gasteiger partial charge in [0, 0.05) is 6.61 Å². The molecule has 1 amide bonds. The van der Waals surface area contributed by atoms with Gasteiger partial charge in [-0.1, -0.05) is 30.3 Å². The van der Waals surface area contributed by atoms with Crippen LogP contribution >= 0.6 is 0 Å². The van der Waals surface area contributed by atoms with Crippen LogP contribution < -0.4 is 5.32 Å². The van der Waals surface area contributed by atoms with E-state index in [0.29, 0.717) is 13.0 Å². The summed E-state index contributed by atoms with van der Waals surface area (Å²) < 4.78 is 10.7. The summed E-state index contributed by atoms with van der Waals surface area (Å²) in [4.78, 5) is 23.1. The van der Waals surface area contributed by atoms with Crippen molar-refractivity contribution in [2.24, 2.45) is 0 Å². The van der Waals surface area contributed by atoms with Crippen LogP contribution in [-0.2, 0) is 20.9 Å². The SMILES string of the molecule is CC(CC(=O)O)(CC1CCCO1)NC(=O)OCc1ccccc1. The molecular formula is C17H23NO5. The fourth-order valence-electron chi connectivity index (χ4n) is 2.81. The first kappa shape index (κ1) is 17.3. The molecule has 1 heterocycles. The van der Waals surface area contributed by atoms with Gasteiger partial charge in [0.15, 0.2) is 0 Å². The van der Waals surface area contributed by atoms with Crippen molar-refractivity contribution in [1.82, 2.24) is 5.32 Å². The number of carboxylic acid groups (broad SMARTS) is 1. The van der Waals surface area contributed by atoms with Gasteiger partial charge in [-0.15, -0.1) is 0 Å². The number of ether oxygens (including phenoxy) is 2. The first-order chi connectivity index (χ1) is 11.0. The summed E-state index contributed by atoms with van der Waals surface area (Å²) in [7, 11) is 0. The molecule has 0 bridgehead atoms. The Morgan fingerprint density at radius 3 is 2.74 bits per heavy atom. The molecule has 2 rings (SSSR count). The van der Waals surface area contributed by atoms with E-state index in [-0.39, 0.29) is 19.1 Å². The number of carboxylic acids is 1. The van der Waals surface area contributed by atoms with Crippen LogP contribution in [0.15, 0.2) is 30.3 Å². The van der Waals surface area contributed by atoms with Crippen LogP contribution in [0, 0.1) is 0 Å². The van der Waals surface area contributed by atoms with E-state index in [2.05, 4.69) is 5.32 Å². The standard InChI is InChI=1S/C17H23NO5/c1-17(11-15(19)20,10-14-8-5-9-22-14)18-16(21)23-12-13-6-3-2-4-7-13/h2-4,6-7,14H,5,8-12H2,1H3,(H,18,21)(H,19,20). The molecule has 126 valence electrons. The highest BCUT2D eigenvalue weighted by molar-refractivity contribution is 5.72. The van der Waals surface area contributed by atoms with E-state index in [1.54, 1.807) is 6.92 Å². The van der Waals surface area contributed by atoms with Gasteiger partial charge in [-0.2, -0.15) is 0 Å². The Kier molecular flexibility index (Phi) is 5.98. The Balaban J connectivity index is 1.90. The average Bonchev–Trinajstić information content (AvgIpc) is 2.97. The Bertz CT molecular complexity index is 527. The van der Waals surface area contributed by atoms with Crippen molar-refractivity contribution in [2.45, 2.75) is 50.9 Å². The lowest BCUT2D eigenvalue weighted by atomic mass is 9.90. The summed E-state index contributed by atoms with van der Waals surface area (Å²) in [6.45, 7) is 2.55. The summed E-state index contributed by atoms with van der Waals surface area (Å²) in [5.41, 5.74) is -0.0176. The van der Waals surface area contributed by atoms with Crippen molar-refractivity contribution in [2.75, 3.05) is 6.61 Å². The van der Waals surface area contributed by atoms with E-state index in [0.717, 1.165) is 18.4 Å². The lowest BCUT2D eigenvalue weighted by molar-refractivity contribution is -0.138. The van der Waals surface area contributed by atoms with Crippen molar-refractivity contribution >= 4 is 12.1 Å². The van der Waals surface area contributed by atoms with Gasteiger partial charge < -0.3 is 19.9 Å². The predicted octanol–water partition coefficient (Wildman–Crippen LogP) is 2.72. The van der Waals surface area contributed by atoms with E-state index in [1.165, 1.54) is 0 Å². The molecule has 23 heavy (non-hydrogen) atoms. The highest BCUT2D eigenvalue weighted by atomic mass is 16.5. The smallest absolute Gasteiger partial charge is 0.407 e. The number of nitrogens with one attached hydrogen (secondary N) is 1. The number of carbonyl (C=O) groups excluding carboxylic acids is 1. The Labute approximate surface area is 135 Å². The van der Waals surface area contributed by atoms with Crippen molar-refractivity contribution in [3.63, 3.8) is 0 Å². The fraction of sp³-hybridized carbons (Fsp3) is 0.529. The number of alkyl carbamates (subject to hydrolysis) is 1. The number of hydrogen-bond donors (Lipinski definition) is 2. The normalized spacial score (nSPS) is 19.8. The maximum atomic E-state index is 12.0. The minimum absolute atomic E-state index is 0.0197. The van der Waals surface area contributed by atoms with Gasteiger partial charge >= 0.3 is 12.1 Å². The van der Waals surface area contributed by atoms with E-state index in [9.17, 15) is 9.59 Å². The van der Waals surface area contributed by atoms with Gasteiger partial charge in [0.25, 0.3) is 0 Å². The molecule has 0 spiro atoms. The van der Waals surface area contributed by atoms with Crippen molar-refractivity contribution in [3.05, 3.63) is 35.9 Å². The molecule has 2 atom stereocenters. The minimum Gasteiger partial charge on any atom is -0.481 e. The molecule has 6 heteroatoms. The summed E-state index contributed by atoms with van der Waals surface area (Å²) in [5, 5.41) is 11.8. The van der Waals surface area contributed by atoms with Gasteiger partial charge in [0.05, 0.1) is 18.1 Å². The van der Waals surface area contributed by atoms with E-state index < -0.39 is 17.6 Å². The number of aliphatic carboxylic acids is 1. The Morgan fingerprint density at radius 1 is 1.39 bits per heavy atom. The first-order valence-electron chi connectivity index (χ1n) is 7.79. The zero-order valence-electron chi connectivity index (χ0n) is 13.3. The zero-order chi connectivity index (χ0) is 16.7. The highest BCUT2D eigenvalue weighted by Crippen LogP contribution is 2.25. The van der Waals surface area contributed by atoms with Crippen LogP contribution in [0.5, 0.6) is 0 Å². The molecule has 0 aliphatic carbocycles. The van der Waals surface area contributed by atoms with Crippen LogP contribution in [0.1, 0.15) is 38.2 Å². The second kappa shape index (κ2) is 7.97. The Hall–Kier alpha value is -2.08. The second-order valence-electron chi connectivity index (χ2n) is 6.16. The molecule has 1 fully saturated rings. The van der Waals surface area contributed by atoms with Gasteiger partial charge in [-0.05, 0) is 31.7 Å². The van der Waals surface area contributed by atoms with Crippen molar-refractivity contribution < 1.29 is 24.2 Å². The number of carbonyl (C=O) groups is 2. The molecule has 1 aliphatic heterocycles. The van der Waals surface area contributed by atoms with Gasteiger partial charge in [-0.3, -0.25) is 4.79 Å². The summed E-state index contributed by atoms with van der Waals surface area (Å²) in [5.74, 6) is -0.964. The maximum Gasteiger partial charge on any atom is 0.407 e. The third kappa shape index (κ3) is 5.90. The molecule has 0 saturated carbocycles. The monoisotopic (exact) mass is 321 g/mol. The predicted molar refractivity (Wildman–Crippen MR) is 84.0 cm³/mol. The lowest BCUT2D eigenvalue weighted by Crippen LogP contribution is -2.49. The van der Waals surface area contributed by atoms with E-state index in [4.69, 9.17) is 14.6 Å². The number of amides is 1. The lowest BCUT2D eigenvalue weighted by Gasteiger charge is -2.31. The topological polar surface area (TPSA) is 84.9 Å². The van der Waals surface area contributed by atoms with Crippen molar-refractivity contribution in [1.29, 1.82) is 0 Å². The van der Waals surface area contributed by atoms with Gasteiger partial charge in [0.2, 0.25) is 0 Å². The van der Waals surface area contributed by atoms with Crippen LogP contribution in [0.2, 0.25) is 0 Å². The third-order valence-electron chi connectivity index (χ3n) is 3.86. The van der Waals surface area contributed by atoms with Crippen LogP contribution in [0.4, 0.5) is 4.79 Å². The maximum absolute atomic E-state index is 12.0. The van der Waals surface area contributed by atoms with Crippen LogP contribution in [0.3, 0.4) is 0 Å². The van der Waals surface area contributed by atoms with E-state index >= 15 is 0 Å². The fourth-order valence-corrected chi connectivity index (χ4v) is 2.81.